The van der Waals surface area contributed by atoms with Gasteiger partial charge in [-0.15, -0.1) is 0 Å². The van der Waals surface area contributed by atoms with Crippen molar-refractivity contribution in [1.82, 2.24) is 0 Å². The second-order valence-electron chi connectivity index (χ2n) is 5.14. The Morgan fingerprint density at radius 1 is 1.25 bits per heavy atom. The van der Waals surface area contributed by atoms with Gasteiger partial charge in [-0.2, -0.15) is 0 Å². The van der Waals surface area contributed by atoms with E-state index in [-0.39, 0.29) is 17.3 Å². The van der Waals surface area contributed by atoms with Crippen molar-refractivity contribution in [1.29, 1.82) is 0 Å². The van der Waals surface area contributed by atoms with Crippen molar-refractivity contribution in [2.24, 2.45) is 11.7 Å². The van der Waals surface area contributed by atoms with Crippen LogP contribution in [0.3, 0.4) is 0 Å². The fourth-order valence-electron chi connectivity index (χ4n) is 2.04. The summed E-state index contributed by atoms with van der Waals surface area (Å²) in [6.45, 7) is 8.55. The molecule has 1 aromatic carbocycles. The average molecular weight is 223 g/mol. The molecule has 0 heterocycles. The van der Waals surface area contributed by atoms with Crippen LogP contribution in [0.4, 0.5) is 4.39 Å². The number of benzene rings is 1. The summed E-state index contributed by atoms with van der Waals surface area (Å²) >= 11 is 0. The zero-order chi connectivity index (χ0) is 12.3. The third-order valence-electron chi connectivity index (χ3n) is 3.68. The normalized spacial score (nSPS) is 15.9. The van der Waals surface area contributed by atoms with E-state index in [0.717, 1.165) is 12.0 Å². The number of nitrogens with two attached hydrogens (primary N) is 1. The van der Waals surface area contributed by atoms with Gasteiger partial charge in [-0.05, 0) is 23.6 Å². The van der Waals surface area contributed by atoms with Crippen LogP contribution in [-0.4, -0.2) is 6.04 Å². The Hall–Kier alpha value is -0.890. The predicted octanol–water partition coefficient (Wildman–Crippen LogP) is 3.48. The second kappa shape index (κ2) is 4.96. The highest BCUT2D eigenvalue weighted by Crippen LogP contribution is 2.30. The molecule has 90 valence electrons. The van der Waals surface area contributed by atoms with Crippen molar-refractivity contribution in [3.8, 4) is 0 Å². The monoisotopic (exact) mass is 223 g/mol. The summed E-state index contributed by atoms with van der Waals surface area (Å²) in [5.74, 6) is 0.261. The van der Waals surface area contributed by atoms with Crippen molar-refractivity contribution in [3.05, 3.63) is 35.6 Å². The minimum Gasteiger partial charge on any atom is -0.327 e. The highest BCUT2D eigenvalue weighted by Gasteiger charge is 2.31. The SMILES string of the molecule is CCC(C)C(N)C(C)(C)c1ccc(F)cc1. The lowest BCUT2D eigenvalue weighted by molar-refractivity contribution is 0.306. The third kappa shape index (κ3) is 2.62. The van der Waals surface area contributed by atoms with Crippen LogP contribution < -0.4 is 5.73 Å². The summed E-state index contributed by atoms with van der Waals surface area (Å²) in [5, 5.41) is 0. The highest BCUT2D eigenvalue weighted by atomic mass is 19.1. The molecule has 0 aliphatic rings. The van der Waals surface area contributed by atoms with Crippen LogP contribution in [0.5, 0.6) is 0 Å². The maximum absolute atomic E-state index is 12.9. The molecule has 0 bridgehead atoms. The van der Waals surface area contributed by atoms with Gasteiger partial charge in [0.25, 0.3) is 0 Å². The molecule has 2 N–H and O–H groups in total. The topological polar surface area (TPSA) is 26.0 Å². The zero-order valence-corrected chi connectivity index (χ0v) is 10.6. The number of halogens is 1. The van der Waals surface area contributed by atoms with E-state index in [9.17, 15) is 4.39 Å². The van der Waals surface area contributed by atoms with Gasteiger partial charge in [0.2, 0.25) is 0 Å². The number of rotatable bonds is 4. The van der Waals surface area contributed by atoms with Crippen LogP contribution in [0.15, 0.2) is 24.3 Å². The van der Waals surface area contributed by atoms with Crippen LogP contribution in [0, 0.1) is 11.7 Å². The zero-order valence-electron chi connectivity index (χ0n) is 10.6. The van der Waals surface area contributed by atoms with E-state index < -0.39 is 0 Å². The van der Waals surface area contributed by atoms with Gasteiger partial charge in [0.05, 0.1) is 0 Å². The second-order valence-corrected chi connectivity index (χ2v) is 5.14. The molecule has 0 aliphatic heterocycles. The molecule has 2 unspecified atom stereocenters. The molecule has 0 saturated carbocycles. The molecule has 0 saturated heterocycles. The minimum absolute atomic E-state index is 0.0861. The van der Waals surface area contributed by atoms with Crippen LogP contribution in [-0.2, 0) is 5.41 Å². The largest absolute Gasteiger partial charge is 0.327 e. The molecule has 0 amide bonds. The van der Waals surface area contributed by atoms with E-state index in [1.54, 1.807) is 0 Å². The summed E-state index contributed by atoms with van der Waals surface area (Å²) in [6, 6.07) is 6.75. The lowest BCUT2D eigenvalue weighted by Crippen LogP contribution is -2.45. The van der Waals surface area contributed by atoms with Crippen molar-refractivity contribution < 1.29 is 4.39 Å². The van der Waals surface area contributed by atoms with Crippen LogP contribution in [0.1, 0.15) is 39.7 Å². The Labute approximate surface area is 97.9 Å². The number of hydrogen-bond donors (Lipinski definition) is 1. The van der Waals surface area contributed by atoms with Crippen molar-refractivity contribution in [3.63, 3.8) is 0 Å². The lowest BCUT2D eigenvalue weighted by atomic mass is 9.73. The van der Waals surface area contributed by atoms with E-state index in [2.05, 4.69) is 27.7 Å². The Balaban J connectivity index is 2.96. The summed E-state index contributed by atoms with van der Waals surface area (Å²) in [4.78, 5) is 0. The fourth-order valence-corrected chi connectivity index (χ4v) is 2.04. The first-order valence-electron chi connectivity index (χ1n) is 5.91. The Morgan fingerprint density at radius 3 is 2.19 bits per heavy atom. The fraction of sp³-hybridized carbons (Fsp3) is 0.571. The predicted molar refractivity (Wildman–Crippen MR) is 66.9 cm³/mol. The van der Waals surface area contributed by atoms with Crippen molar-refractivity contribution >= 4 is 0 Å². The van der Waals surface area contributed by atoms with E-state index in [4.69, 9.17) is 5.73 Å². The first kappa shape index (κ1) is 13.2. The van der Waals surface area contributed by atoms with Crippen molar-refractivity contribution in [2.75, 3.05) is 0 Å². The summed E-state index contributed by atoms with van der Waals surface area (Å²) in [6.07, 6.45) is 1.06. The molecule has 1 rings (SSSR count). The highest BCUT2D eigenvalue weighted by molar-refractivity contribution is 5.26. The molecule has 2 atom stereocenters. The molecule has 0 spiro atoms. The summed E-state index contributed by atoms with van der Waals surface area (Å²) in [5.41, 5.74) is 7.26. The van der Waals surface area contributed by atoms with Crippen LogP contribution in [0.2, 0.25) is 0 Å². The quantitative estimate of drug-likeness (QED) is 0.831. The van der Waals surface area contributed by atoms with E-state index in [0.29, 0.717) is 5.92 Å². The molecular formula is C14H22FN. The van der Waals surface area contributed by atoms with E-state index >= 15 is 0 Å². The Kier molecular flexibility index (Phi) is 4.09. The molecule has 0 fully saturated rings. The molecule has 2 heteroatoms. The molecular weight excluding hydrogens is 201 g/mol. The van der Waals surface area contributed by atoms with Gasteiger partial charge in [-0.1, -0.05) is 46.2 Å². The minimum atomic E-state index is -0.198. The van der Waals surface area contributed by atoms with Crippen molar-refractivity contribution in [2.45, 2.75) is 45.6 Å². The molecule has 0 radical (unpaired) electrons. The molecule has 1 aromatic rings. The van der Waals surface area contributed by atoms with Gasteiger partial charge in [0.15, 0.2) is 0 Å². The van der Waals surface area contributed by atoms with Gasteiger partial charge in [0, 0.05) is 11.5 Å². The van der Waals surface area contributed by atoms with Crippen LogP contribution >= 0.6 is 0 Å². The number of hydrogen-bond acceptors (Lipinski definition) is 1. The first-order chi connectivity index (χ1) is 7.39. The molecule has 16 heavy (non-hydrogen) atoms. The Morgan fingerprint density at radius 2 is 1.75 bits per heavy atom. The van der Waals surface area contributed by atoms with Crippen LogP contribution in [0.25, 0.3) is 0 Å². The third-order valence-corrected chi connectivity index (χ3v) is 3.68. The summed E-state index contributed by atoms with van der Waals surface area (Å²) < 4.78 is 12.9. The molecule has 0 aliphatic carbocycles. The van der Waals surface area contributed by atoms with Gasteiger partial charge < -0.3 is 5.73 Å². The van der Waals surface area contributed by atoms with E-state index in [1.165, 1.54) is 12.1 Å². The van der Waals surface area contributed by atoms with Gasteiger partial charge >= 0.3 is 0 Å². The standard InChI is InChI=1S/C14H22FN/c1-5-10(2)13(16)14(3,4)11-6-8-12(15)9-7-11/h6-10,13H,5,16H2,1-4H3. The van der Waals surface area contributed by atoms with Gasteiger partial charge in [-0.3, -0.25) is 0 Å². The van der Waals surface area contributed by atoms with Gasteiger partial charge in [0.1, 0.15) is 5.82 Å². The maximum Gasteiger partial charge on any atom is 0.123 e. The Bertz CT molecular complexity index is 329. The molecule has 1 nitrogen and oxygen atoms in total. The molecule has 0 aromatic heterocycles. The first-order valence-corrected chi connectivity index (χ1v) is 5.91. The van der Waals surface area contributed by atoms with Gasteiger partial charge in [-0.25, -0.2) is 4.39 Å². The lowest BCUT2D eigenvalue weighted by Gasteiger charge is -2.36. The smallest absolute Gasteiger partial charge is 0.123 e. The van der Waals surface area contributed by atoms with E-state index in [1.807, 2.05) is 12.1 Å². The average Bonchev–Trinajstić information content (AvgIpc) is 2.27. The maximum atomic E-state index is 12.9. The summed E-state index contributed by atoms with van der Waals surface area (Å²) in [7, 11) is 0.